The highest BCUT2D eigenvalue weighted by Gasteiger charge is 2.44. The van der Waals surface area contributed by atoms with Crippen molar-refractivity contribution >= 4 is 138 Å². The van der Waals surface area contributed by atoms with Gasteiger partial charge in [0.1, 0.15) is 73.2 Å². The predicted octanol–water partition coefficient (Wildman–Crippen LogP) is 21.6. The number of imidazole rings is 5. The number of rotatable bonds is 22. The third-order valence-corrected chi connectivity index (χ3v) is 26.9. The molecule has 2 atom stereocenters. The molecule has 1 aromatic carbocycles. The van der Waals surface area contributed by atoms with Crippen LogP contribution >= 0.6 is 23.4 Å². The molecule has 8 saturated carbocycles. The first-order valence-corrected chi connectivity index (χ1v) is 46.5. The van der Waals surface area contributed by atoms with Crippen molar-refractivity contribution in [2.24, 2.45) is 29.1 Å². The molecule has 27 nitrogen and oxygen atoms in total. The number of nitrogens with one attached hydrogen (secondary N) is 5. The second kappa shape index (κ2) is 38.5. The minimum atomic E-state index is -1.12. The molecule has 8 aliphatic rings. The third-order valence-electron chi connectivity index (χ3n) is 25.8. The Morgan fingerprint density at radius 1 is 0.484 bits per heavy atom. The van der Waals surface area contributed by atoms with Crippen LogP contribution in [0.2, 0.25) is 5.15 Å². The molecule has 10 heterocycles. The van der Waals surface area contributed by atoms with E-state index < -0.39 is 22.7 Å². The van der Waals surface area contributed by atoms with Gasteiger partial charge >= 0.3 is 0 Å². The quantitative estimate of drug-likeness (QED) is 0.0239. The van der Waals surface area contributed by atoms with Crippen molar-refractivity contribution in [3.63, 3.8) is 0 Å². The van der Waals surface area contributed by atoms with E-state index in [4.69, 9.17) is 26.6 Å². The number of aromatic nitrogens is 15. The Morgan fingerprint density at radius 2 is 0.906 bits per heavy atom. The number of hydrogen-bond acceptors (Lipinski definition) is 18. The first-order valence-electron chi connectivity index (χ1n) is 45.1. The van der Waals surface area contributed by atoms with E-state index in [2.05, 4.69) is 93.6 Å². The molecule has 8 aliphatic carbocycles. The summed E-state index contributed by atoms with van der Waals surface area (Å²) in [5, 5.41) is 25.1. The average molecular weight is 1800 g/mol. The van der Waals surface area contributed by atoms with Gasteiger partial charge in [-0.15, -0.1) is 11.8 Å². The standard InChI is InChI=1S/C20H24FN5O.C19H25FN4OS.C19H25FN4O.C18H18ClFN4O.C18H23FN4O2/c1-20(21)9-7-13(8-10-20)11-17(27)25-19-24-16-6-5-14(12-22)23-18(16)26(19)15-3-2-4-15;1-3-26-16-8-7-14-17(23-16)24(13-5-4-6-13)18(21-14)22-15(25)9-12-10-19(2,20)11-12;1-12-6-7-15-17(21-12)24(14-4-3-5-14)18(22-15)23-16(25)10-13-8-9-19(2,20)11-13;1-18(2,3)10-15(25)23-17-21-13-8-9-14(19)22-16(13)24(17)12-6-4-11(20)5-7-12;1-18(19)9-11(10-18)8-14(24)21-17-22-15-13(25-2)6-7-20-16(15)23(17)12-4-3-5-12/h5-6,13,15H,2-4,7-11H2,1H3,(H,24,25,27);7-8,12-13H,3-6,9-11H2,1-2H3,(H,21,22,25);6-7,13-14H,3-5,8-11H2,1-2H3,(H,22,23,25);4-9H,10H2,1-3H3,(H,21,23,25);6-7,11-12H,3-5,8-10H2,1-2H3,(H,21,22,24). The maximum atomic E-state index is 14.0. The van der Waals surface area contributed by atoms with Crippen molar-refractivity contribution in [1.29, 1.82) is 5.26 Å². The molecule has 0 bridgehead atoms. The maximum Gasteiger partial charge on any atom is 0.227 e. The molecule has 2 unspecified atom stereocenters. The first-order chi connectivity index (χ1) is 61.0. The van der Waals surface area contributed by atoms with E-state index in [9.17, 15) is 45.9 Å². The van der Waals surface area contributed by atoms with Gasteiger partial charge in [0.2, 0.25) is 59.3 Å². The minimum Gasteiger partial charge on any atom is -0.494 e. The number of amides is 5. The summed E-state index contributed by atoms with van der Waals surface area (Å²) < 4.78 is 83.6. The zero-order valence-electron chi connectivity index (χ0n) is 74.5. The molecule has 11 aromatic rings. The van der Waals surface area contributed by atoms with Gasteiger partial charge in [0.05, 0.1) is 17.8 Å². The summed E-state index contributed by atoms with van der Waals surface area (Å²) in [6.45, 7) is 16.5. The number of halogens is 6. The van der Waals surface area contributed by atoms with Crippen molar-refractivity contribution in [1.82, 2.24) is 72.7 Å². The Balaban J connectivity index is 0.000000123. The van der Waals surface area contributed by atoms with Crippen LogP contribution in [0.15, 0.2) is 90.1 Å². The molecule has 0 saturated heterocycles. The van der Waals surface area contributed by atoms with Gasteiger partial charge in [0.25, 0.3) is 0 Å². The van der Waals surface area contributed by atoms with E-state index in [-0.39, 0.29) is 70.5 Å². The SMILES string of the molecule is CC(C)(C)CC(=O)Nc1nc2ccc(Cl)nc2n1-c1ccc(F)cc1.CC1(F)CCC(CC(=O)Nc2nc3ccc(C#N)nc3n2C2CCC2)CC1.CCSc1ccc2nc(NC(=O)CC3CC(C)(F)C3)n(C3CCC3)c2n1.COc1ccnc2c1nc(NC(=O)CC1CC(C)(F)C1)n2C1CCC1.Cc1ccc2nc(NC(=O)CC3CCC(C)(F)C3)n(C3CCC3)c2n1. The van der Waals surface area contributed by atoms with Crippen molar-refractivity contribution < 1.29 is 50.7 Å². The van der Waals surface area contributed by atoms with Crippen LogP contribution in [0.5, 0.6) is 5.75 Å². The molecule has 5 amide bonds. The van der Waals surface area contributed by atoms with E-state index in [0.717, 1.165) is 121 Å². The lowest BCUT2D eigenvalue weighted by Gasteiger charge is -2.38. The van der Waals surface area contributed by atoms with E-state index in [1.165, 1.54) is 31.4 Å². The number of hydrogen-bond donors (Lipinski definition) is 5. The number of alkyl halides is 4. The van der Waals surface area contributed by atoms with Crippen LogP contribution in [0.25, 0.3) is 61.5 Å². The first kappa shape index (κ1) is 92.0. The molecule has 128 heavy (non-hydrogen) atoms. The summed E-state index contributed by atoms with van der Waals surface area (Å²) in [7, 11) is 1.60. The van der Waals surface area contributed by atoms with Crippen LogP contribution in [0.4, 0.5) is 51.7 Å². The fourth-order valence-corrected chi connectivity index (χ4v) is 19.3. The summed E-state index contributed by atoms with van der Waals surface area (Å²) in [4.78, 5) is 108. The normalized spacial score (nSPS) is 23.3. The number of ether oxygens (including phenoxy) is 1. The highest BCUT2D eigenvalue weighted by Crippen LogP contribution is 2.47. The van der Waals surface area contributed by atoms with E-state index in [0.29, 0.717) is 181 Å². The largest absolute Gasteiger partial charge is 0.494 e. The number of fused-ring (bicyclic) bond motifs is 5. The lowest BCUT2D eigenvalue weighted by atomic mass is 9.72. The fraction of sp³-hybridized carbons (Fsp3) is 0.553. The number of nitrogens with zero attached hydrogens (tertiary/aromatic N) is 16. The smallest absolute Gasteiger partial charge is 0.227 e. The molecule has 0 aliphatic heterocycles. The summed E-state index contributed by atoms with van der Waals surface area (Å²) in [6, 6.07) is 25.6. The van der Waals surface area contributed by atoms with Gasteiger partial charge in [-0.2, -0.15) is 5.26 Å². The molecular formula is C94H115ClF5N21O6S. The number of nitriles is 1. The topological polar surface area (TPSA) is 332 Å². The molecule has 680 valence electrons. The van der Waals surface area contributed by atoms with Gasteiger partial charge in [-0.05, 0) is 290 Å². The Morgan fingerprint density at radius 3 is 1.38 bits per heavy atom. The molecule has 0 spiro atoms. The second-order valence-corrected chi connectivity index (χ2v) is 40.1. The van der Waals surface area contributed by atoms with Crippen molar-refractivity contribution in [2.75, 3.05) is 39.4 Å². The van der Waals surface area contributed by atoms with E-state index >= 15 is 0 Å². The Labute approximate surface area is 750 Å². The van der Waals surface area contributed by atoms with Crippen LogP contribution in [0.1, 0.15) is 271 Å². The van der Waals surface area contributed by atoms with Gasteiger partial charge in [-0.3, -0.25) is 73.4 Å². The van der Waals surface area contributed by atoms with Crippen molar-refractivity contribution in [2.45, 2.75) is 294 Å². The van der Waals surface area contributed by atoms with E-state index in [1.54, 1.807) is 99.8 Å². The van der Waals surface area contributed by atoms with E-state index in [1.807, 2.05) is 61.1 Å². The number of anilines is 5. The summed E-state index contributed by atoms with van der Waals surface area (Å²) in [6.07, 6.45) is 22.8. The summed E-state index contributed by atoms with van der Waals surface area (Å²) in [5.41, 5.74) is 4.47. The number of carbonyl (C=O) groups excluding carboxylic acids is 5. The van der Waals surface area contributed by atoms with Crippen LogP contribution in [0.3, 0.4) is 0 Å². The van der Waals surface area contributed by atoms with Crippen molar-refractivity contribution in [3.05, 3.63) is 107 Å². The predicted molar refractivity (Wildman–Crippen MR) is 486 cm³/mol. The zero-order chi connectivity index (χ0) is 90.7. The number of carbonyl (C=O) groups is 5. The number of methoxy groups -OCH3 is 1. The fourth-order valence-electron chi connectivity index (χ4n) is 18.5. The van der Waals surface area contributed by atoms with Gasteiger partial charge in [-0.1, -0.05) is 39.3 Å². The number of pyridine rings is 5. The maximum absolute atomic E-state index is 14.0. The lowest BCUT2D eigenvalue weighted by Crippen LogP contribution is -2.38. The Hall–Kier alpha value is -10.8. The molecule has 34 heteroatoms. The molecule has 8 fully saturated rings. The Kier molecular flexibility index (Phi) is 27.7. The molecule has 5 N–H and O–H groups in total. The highest BCUT2D eigenvalue weighted by molar-refractivity contribution is 7.99. The highest BCUT2D eigenvalue weighted by atomic mass is 35.5. The monoisotopic (exact) mass is 1800 g/mol. The van der Waals surface area contributed by atoms with Gasteiger partial charge in [-0.25, -0.2) is 71.8 Å². The van der Waals surface area contributed by atoms with Gasteiger partial charge in [0.15, 0.2) is 33.8 Å². The van der Waals surface area contributed by atoms with Crippen LogP contribution < -0.4 is 31.3 Å². The molecule has 0 radical (unpaired) electrons. The molecular weight excluding hydrogens is 1680 g/mol. The van der Waals surface area contributed by atoms with Gasteiger partial charge < -0.3 is 4.74 Å². The van der Waals surface area contributed by atoms with Crippen LogP contribution in [-0.4, -0.2) is 138 Å². The van der Waals surface area contributed by atoms with Gasteiger partial charge in [0, 0.05) is 74.2 Å². The molecule has 10 aromatic heterocycles. The molecule has 19 rings (SSSR count). The lowest BCUT2D eigenvalue weighted by molar-refractivity contribution is -0.120. The van der Waals surface area contributed by atoms with Crippen molar-refractivity contribution in [3.8, 4) is 17.5 Å². The number of thioether (sulfide) groups is 1. The second-order valence-electron chi connectivity index (χ2n) is 38.4. The zero-order valence-corrected chi connectivity index (χ0v) is 76.1. The number of aryl methyl sites for hydroxylation is 1. The van der Waals surface area contributed by atoms with Crippen LogP contribution in [0, 0.1) is 53.2 Å². The minimum absolute atomic E-state index is 0.0738. The van der Waals surface area contributed by atoms with Crippen LogP contribution in [-0.2, 0) is 24.0 Å². The average Bonchev–Trinajstić information content (AvgIpc) is 1.63. The summed E-state index contributed by atoms with van der Waals surface area (Å²) in [5.74, 6) is 3.87. The number of benzene rings is 1. The third kappa shape index (κ3) is 22.2. The Bertz CT molecular complexity index is 5930. The summed E-state index contributed by atoms with van der Waals surface area (Å²) >= 11 is 7.71.